The van der Waals surface area contributed by atoms with Crippen molar-refractivity contribution in [2.24, 2.45) is 0 Å². The van der Waals surface area contributed by atoms with Crippen LogP contribution in [0.4, 0.5) is 8.78 Å². The Morgan fingerprint density at radius 2 is 2.00 bits per heavy atom. The molecule has 0 aliphatic heterocycles. The molecule has 2 heteroatoms. The SMILES string of the molecule is CC(C)c1ccc2c(c1)CCC2(F)F. The first-order valence-corrected chi connectivity index (χ1v) is 5.02. The summed E-state index contributed by atoms with van der Waals surface area (Å²) in [6.45, 7) is 4.16. The van der Waals surface area contributed by atoms with E-state index in [9.17, 15) is 8.78 Å². The monoisotopic (exact) mass is 196 g/mol. The van der Waals surface area contributed by atoms with Crippen molar-refractivity contribution in [3.8, 4) is 0 Å². The van der Waals surface area contributed by atoms with E-state index in [4.69, 9.17) is 0 Å². The number of alkyl halides is 2. The number of benzene rings is 1. The molecule has 1 aliphatic carbocycles. The van der Waals surface area contributed by atoms with Crippen LogP contribution in [0.3, 0.4) is 0 Å². The molecule has 1 aliphatic rings. The molecule has 0 bridgehead atoms. The number of hydrogen-bond acceptors (Lipinski definition) is 0. The molecule has 2 rings (SSSR count). The quantitative estimate of drug-likeness (QED) is 0.640. The molecule has 0 unspecified atom stereocenters. The smallest absolute Gasteiger partial charge is 0.201 e. The Labute approximate surface area is 82.9 Å². The Morgan fingerprint density at radius 1 is 1.29 bits per heavy atom. The Kier molecular flexibility index (Phi) is 2.09. The highest BCUT2D eigenvalue weighted by Gasteiger charge is 2.38. The van der Waals surface area contributed by atoms with Crippen LogP contribution < -0.4 is 0 Å². The minimum absolute atomic E-state index is 0.0239. The van der Waals surface area contributed by atoms with Gasteiger partial charge in [0.2, 0.25) is 0 Å². The van der Waals surface area contributed by atoms with Gasteiger partial charge in [0.1, 0.15) is 0 Å². The zero-order chi connectivity index (χ0) is 10.3. The predicted octanol–water partition coefficient (Wildman–Crippen LogP) is 3.85. The average Bonchev–Trinajstić information content (AvgIpc) is 2.42. The zero-order valence-corrected chi connectivity index (χ0v) is 8.48. The largest absolute Gasteiger partial charge is 0.273 e. The third-order valence-electron chi connectivity index (χ3n) is 2.90. The van der Waals surface area contributed by atoms with Crippen LogP contribution in [0.15, 0.2) is 18.2 Å². The van der Waals surface area contributed by atoms with E-state index in [1.165, 1.54) is 0 Å². The third-order valence-corrected chi connectivity index (χ3v) is 2.90. The summed E-state index contributed by atoms with van der Waals surface area (Å²) < 4.78 is 26.5. The van der Waals surface area contributed by atoms with Crippen LogP contribution in [0, 0.1) is 0 Å². The predicted molar refractivity (Wildman–Crippen MR) is 52.7 cm³/mol. The van der Waals surface area contributed by atoms with Crippen molar-refractivity contribution in [1.29, 1.82) is 0 Å². The molecule has 76 valence electrons. The first-order chi connectivity index (χ1) is 6.50. The standard InChI is InChI=1S/C12H14F2/c1-8(2)9-3-4-11-10(7-9)5-6-12(11,13)14/h3-4,7-8H,5-6H2,1-2H3. The molecule has 0 N–H and O–H groups in total. The molecule has 0 aromatic heterocycles. The van der Waals surface area contributed by atoms with Crippen LogP contribution in [0.1, 0.15) is 42.9 Å². The molecular weight excluding hydrogens is 182 g/mol. The summed E-state index contributed by atoms with van der Waals surface area (Å²) in [7, 11) is 0. The van der Waals surface area contributed by atoms with Crippen molar-refractivity contribution >= 4 is 0 Å². The Morgan fingerprint density at radius 3 is 2.64 bits per heavy atom. The molecule has 0 saturated carbocycles. The van der Waals surface area contributed by atoms with Gasteiger partial charge in [-0.3, -0.25) is 0 Å². The van der Waals surface area contributed by atoms with Gasteiger partial charge in [0.25, 0.3) is 5.92 Å². The van der Waals surface area contributed by atoms with Gasteiger partial charge < -0.3 is 0 Å². The molecule has 0 spiro atoms. The first kappa shape index (κ1) is 9.63. The second kappa shape index (κ2) is 3.04. The van der Waals surface area contributed by atoms with Crippen molar-refractivity contribution < 1.29 is 8.78 Å². The fourth-order valence-electron chi connectivity index (χ4n) is 1.96. The van der Waals surface area contributed by atoms with Gasteiger partial charge in [0.15, 0.2) is 0 Å². The fourth-order valence-corrected chi connectivity index (χ4v) is 1.96. The maximum atomic E-state index is 13.3. The van der Waals surface area contributed by atoms with Gasteiger partial charge in [-0.2, -0.15) is 0 Å². The summed E-state index contributed by atoms with van der Waals surface area (Å²) in [5, 5.41) is 0. The van der Waals surface area contributed by atoms with Crippen LogP contribution in [0.2, 0.25) is 0 Å². The number of aryl methyl sites for hydroxylation is 1. The minimum Gasteiger partial charge on any atom is -0.201 e. The van der Waals surface area contributed by atoms with E-state index in [0.29, 0.717) is 12.3 Å². The molecular formula is C12H14F2. The Hall–Kier alpha value is -0.920. The van der Waals surface area contributed by atoms with Gasteiger partial charge in [0.05, 0.1) is 0 Å². The Balaban J connectivity index is 2.44. The molecule has 0 radical (unpaired) electrons. The van der Waals surface area contributed by atoms with Gasteiger partial charge in [-0.15, -0.1) is 0 Å². The lowest BCUT2D eigenvalue weighted by atomic mass is 9.98. The zero-order valence-electron chi connectivity index (χ0n) is 8.48. The van der Waals surface area contributed by atoms with E-state index in [0.717, 1.165) is 11.1 Å². The van der Waals surface area contributed by atoms with Crippen LogP contribution in [0.25, 0.3) is 0 Å². The fraction of sp³-hybridized carbons (Fsp3) is 0.500. The number of halogens is 2. The molecule has 14 heavy (non-hydrogen) atoms. The number of hydrogen-bond donors (Lipinski definition) is 0. The van der Waals surface area contributed by atoms with E-state index >= 15 is 0 Å². The van der Waals surface area contributed by atoms with E-state index in [-0.39, 0.29) is 12.0 Å². The molecule has 0 atom stereocenters. The van der Waals surface area contributed by atoms with Crippen molar-refractivity contribution in [1.82, 2.24) is 0 Å². The number of fused-ring (bicyclic) bond motifs is 1. The molecule has 0 nitrogen and oxygen atoms in total. The topological polar surface area (TPSA) is 0 Å². The molecule has 1 aromatic rings. The molecule has 1 aromatic carbocycles. The van der Waals surface area contributed by atoms with Crippen LogP contribution in [-0.4, -0.2) is 0 Å². The average molecular weight is 196 g/mol. The molecule has 0 fully saturated rings. The summed E-state index contributed by atoms with van der Waals surface area (Å²) in [5.74, 6) is -2.18. The summed E-state index contributed by atoms with van der Waals surface area (Å²) in [6, 6.07) is 5.35. The van der Waals surface area contributed by atoms with Crippen molar-refractivity contribution in [2.75, 3.05) is 0 Å². The van der Waals surface area contributed by atoms with E-state index in [2.05, 4.69) is 13.8 Å². The van der Waals surface area contributed by atoms with Gasteiger partial charge in [-0.1, -0.05) is 32.0 Å². The Bertz CT molecular complexity index is 353. The van der Waals surface area contributed by atoms with Crippen LogP contribution >= 0.6 is 0 Å². The maximum absolute atomic E-state index is 13.3. The lowest BCUT2D eigenvalue weighted by molar-refractivity contribution is -0.00184. The lowest BCUT2D eigenvalue weighted by Crippen LogP contribution is -2.07. The van der Waals surface area contributed by atoms with E-state index in [1.54, 1.807) is 6.07 Å². The summed E-state index contributed by atoms with van der Waals surface area (Å²) in [4.78, 5) is 0. The van der Waals surface area contributed by atoms with Crippen LogP contribution in [0.5, 0.6) is 0 Å². The van der Waals surface area contributed by atoms with Crippen molar-refractivity contribution in [3.05, 3.63) is 34.9 Å². The van der Waals surface area contributed by atoms with Gasteiger partial charge in [0, 0.05) is 12.0 Å². The first-order valence-electron chi connectivity index (χ1n) is 5.02. The second-order valence-corrected chi connectivity index (χ2v) is 4.28. The van der Waals surface area contributed by atoms with Gasteiger partial charge >= 0.3 is 0 Å². The lowest BCUT2D eigenvalue weighted by Gasteiger charge is -2.11. The second-order valence-electron chi connectivity index (χ2n) is 4.28. The van der Waals surface area contributed by atoms with Crippen molar-refractivity contribution in [2.45, 2.75) is 38.5 Å². The van der Waals surface area contributed by atoms with E-state index in [1.807, 2.05) is 12.1 Å². The highest BCUT2D eigenvalue weighted by molar-refractivity contribution is 5.39. The normalized spacial score (nSPS) is 18.6. The third kappa shape index (κ3) is 1.43. The maximum Gasteiger partial charge on any atom is 0.273 e. The van der Waals surface area contributed by atoms with Gasteiger partial charge in [-0.25, -0.2) is 8.78 Å². The summed E-state index contributed by atoms with van der Waals surface area (Å²) >= 11 is 0. The minimum atomic E-state index is -2.59. The van der Waals surface area contributed by atoms with Gasteiger partial charge in [-0.05, 0) is 23.5 Å². The summed E-state index contributed by atoms with van der Waals surface area (Å²) in [5.41, 5.74) is 2.23. The molecule has 0 amide bonds. The highest BCUT2D eigenvalue weighted by Crippen LogP contribution is 2.42. The van der Waals surface area contributed by atoms with Crippen molar-refractivity contribution in [3.63, 3.8) is 0 Å². The van der Waals surface area contributed by atoms with E-state index < -0.39 is 5.92 Å². The molecule has 0 heterocycles. The number of rotatable bonds is 1. The summed E-state index contributed by atoms with van der Waals surface area (Å²) in [6.07, 6.45) is 0.493. The van der Waals surface area contributed by atoms with Crippen LogP contribution in [-0.2, 0) is 12.3 Å². The highest BCUT2D eigenvalue weighted by atomic mass is 19.3. The molecule has 0 saturated heterocycles.